The van der Waals surface area contributed by atoms with Crippen molar-refractivity contribution >= 4 is 34.1 Å². The summed E-state index contributed by atoms with van der Waals surface area (Å²) in [5, 5.41) is 0. The summed E-state index contributed by atoms with van der Waals surface area (Å²) in [6, 6.07) is 3.93. The zero-order valence-corrected chi connectivity index (χ0v) is 8.99. The van der Waals surface area contributed by atoms with E-state index < -0.39 is 5.82 Å². The molecule has 1 aromatic rings. The van der Waals surface area contributed by atoms with Gasteiger partial charge in [0.2, 0.25) is 0 Å². The molecule has 2 nitrogen and oxygen atoms in total. The molecule has 0 unspecified atom stereocenters. The summed E-state index contributed by atoms with van der Waals surface area (Å²) in [5.41, 5.74) is 5.42. The van der Waals surface area contributed by atoms with Crippen molar-refractivity contribution in [2.45, 2.75) is 0 Å². The van der Waals surface area contributed by atoms with Gasteiger partial charge in [-0.25, -0.2) is 4.39 Å². The van der Waals surface area contributed by atoms with Gasteiger partial charge >= 0.3 is 0 Å². The Labute approximate surface area is 89.8 Å². The van der Waals surface area contributed by atoms with E-state index in [1.165, 1.54) is 18.2 Å². The van der Waals surface area contributed by atoms with Gasteiger partial charge in [0, 0.05) is 10.0 Å². The largest absolute Gasteiger partial charge is 0.324 e. The van der Waals surface area contributed by atoms with E-state index in [9.17, 15) is 9.18 Å². The minimum absolute atomic E-state index is 0. The molecule has 5 heteroatoms. The molecule has 0 heterocycles. The number of hydrogen-bond acceptors (Lipinski definition) is 2. The van der Waals surface area contributed by atoms with E-state index in [1.54, 1.807) is 0 Å². The summed E-state index contributed by atoms with van der Waals surface area (Å²) in [6.45, 7) is -0.109. The molecule has 0 spiro atoms. The second-order valence-corrected chi connectivity index (χ2v) is 3.11. The van der Waals surface area contributed by atoms with E-state index in [-0.39, 0.29) is 30.3 Å². The molecule has 0 aliphatic rings. The minimum Gasteiger partial charge on any atom is -0.324 e. The maximum Gasteiger partial charge on any atom is 0.177 e. The maximum atomic E-state index is 12.6. The van der Waals surface area contributed by atoms with Crippen molar-refractivity contribution < 1.29 is 9.18 Å². The highest BCUT2D eigenvalue weighted by Crippen LogP contribution is 2.17. The van der Waals surface area contributed by atoms with Crippen molar-refractivity contribution in [1.29, 1.82) is 0 Å². The van der Waals surface area contributed by atoms with Crippen LogP contribution in [-0.4, -0.2) is 12.3 Å². The third kappa shape index (κ3) is 3.06. The fraction of sp³-hybridized carbons (Fsp3) is 0.125. The highest BCUT2D eigenvalue weighted by Gasteiger charge is 2.08. The van der Waals surface area contributed by atoms with Crippen LogP contribution in [0.25, 0.3) is 0 Å². The molecular formula is C8H8BrClFNO. The summed E-state index contributed by atoms with van der Waals surface area (Å²) in [5.74, 6) is -0.712. The van der Waals surface area contributed by atoms with Crippen molar-refractivity contribution in [2.75, 3.05) is 6.54 Å². The Balaban J connectivity index is 0.00000144. The SMILES string of the molecule is Cl.NCC(=O)c1cc(F)ccc1Br. The topological polar surface area (TPSA) is 43.1 Å². The van der Waals surface area contributed by atoms with E-state index >= 15 is 0 Å². The molecule has 1 rings (SSSR count). The molecule has 0 radical (unpaired) electrons. The molecule has 13 heavy (non-hydrogen) atoms. The van der Waals surface area contributed by atoms with E-state index in [0.717, 1.165) is 0 Å². The van der Waals surface area contributed by atoms with Crippen LogP contribution in [0, 0.1) is 5.82 Å². The molecule has 0 bridgehead atoms. The summed E-state index contributed by atoms with van der Waals surface area (Å²) in [4.78, 5) is 11.1. The van der Waals surface area contributed by atoms with Crippen LogP contribution in [0.2, 0.25) is 0 Å². The highest BCUT2D eigenvalue weighted by atomic mass is 79.9. The second-order valence-electron chi connectivity index (χ2n) is 2.25. The van der Waals surface area contributed by atoms with Crippen LogP contribution in [-0.2, 0) is 0 Å². The van der Waals surface area contributed by atoms with Gasteiger partial charge in [-0.1, -0.05) is 15.9 Å². The number of halogens is 3. The lowest BCUT2D eigenvalue weighted by atomic mass is 10.1. The predicted octanol–water partition coefficient (Wildman–Crippen LogP) is 2.15. The van der Waals surface area contributed by atoms with E-state index in [2.05, 4.69) is 15.9 Å². The molecule has 0 atom stereocenters. The zero-order chi connectivity index (χ0) is 9.14. The number of ketones is 1. The lowest BCUT2D eigenvalue weighted by molar-refractivity contribution is 0.1000. The van der Waals surface area contributed by atoms with Crippen LogP contribution in [0.4, 0.5) is 4.39 Å². The van der Waals surface area contributed by atoms with Crippen LogP contribution in [0.1, 0.15) is 10.4 Å². The predicted molar refractivity (Wildman–Crippen MR) is 54.7 cm³/mol. The molecule has 0 saturated heterocycles. The van der Waals surface area contributed by atoms with Crippen LogP contribution >= 0.6 is 28.3 Å². The molecule has 0 aliphatic heterocycles. The van der Waals surface area contributed by atoms with Crippen LogP contribution < -0.4 is 5.73 Å². The third-order valence-corrected chi connectivity index (χ3v) is 2.11. The van der Waals surface area contributed by atoms with Gasteiger partial charge in [0.25, 0.3) is 0 Å². The third-order valence-electron chi connectivity index (χ3n) is 1.41. The van der Waals surface area contributed by atoms with Gasteiger partial charge in [-0.3, -0.25) is 4.79 Å². The first-order valence-corrected chi connectivity index (χ1v) is 4.12. The van der Waals surface area contributed by atoms with E-state index in [4.69, 9.17) is 5.73 Å². The van der Waals surface area contributed by atoms with Gasteiger partial charge in [-0.2, -0.15) is 0 Å². The van der Waals surface area contributed by atoms with Crippen molar-refractivity contribution in [3.05, 3.63) is 34.1 Å². The quantitative estimate of drug-likeness (QED) is 0.835. The maximum absolute atomic E-state index is 12.6. The Morgan fingerprint density at radius 2 is 2.15 bits per heavy atom. The fourth-order valence-electron chi connectivity index (χ4n) is 0.821. The van der Waals surface area contributed by atoms with Crippen LogP contribution in [0.3, 0.4) is 0 Å². The number of nitrogens with two attached hydrogens (primary N) is 1. The molecule has 0 fully saturated rings. The van der Waals surface area contributed by atoms with Gasteiger partial charge in [0.05, 0.1) is 6.54 Å². The van der Waals surface area contributed by atoms with Crippen molar-refractivity contribution in [3.8, 4) is 0 Å². The van der Waals surface area contributed by atoms with Gasteiger partial charge in [0.15, 0.2) is 5.78 Å². The zero-order valence-electron chi connectivity index (χ0n) is 6.59. The van der Waals surface area contributed by atoms with Gasteiger partial charge in [0.1, 0.15) is 5.82 Å². The Bertz CT molecular complexity index is 319. The van der Waals surface area contributed by atoms with Gasteiger partial charge in [-0.15, -0.1) is 12.4 Å². The first kappa shape index (κ1) is 12.6. The van der Waals surface area contributed by atoms with Crippen LogP contribution in [0.5, 0.6) is 0 Å². The lowest BCUT2D eigenvalue weighted by Crippen LogP contribution is -2.14. The highest BCUT2D eigenvalue weighted by molar-refractivity contribution is 9.10. The molecule has 0 aliphatic carbocycles. The molecule has 0 amide bonds. The van der Waals surface area contributed by atoms with Crippen molar-refractivity contribution in [3.63, 3.8) is 0 Å². The fourth-order valence-corrected chi connectivity index (χ4v) is 1.29. The Morgan fingerprint density at radius 3 is 2.69 bits per heavy atom. The number of Topliss-reactive ketones (excluding diaryl/α,β-unsaturated/α-hetero) is 1. The van der Waals surface area contributed by atoms with E-state index in [0.29, 0.717) is 4.47 Å². The number of carbonyl (C=O) groups is 1. The van der Waals surface area contributed by atoms with Crippen molar-refractivity contribution in [1.82, 2.24) is 0 Å². The monoisotopic (exact) mass is 267 g/mol. The van der Waals surface area contributed by atoms with Gasteiger partial charge < -0.3 is 5.73 Å². The first-order valence-electron chi connectivity index (χ1n) is 3.33. The Hall–Kier alpha value is -0.450. The van der Waals surface area contributed by atoms with Crippen LogP contribution in [0.15, 0.2) is 22.7 Å². The van der Waals surface area contributed by atoms with Crippen molar-refractivity contribution in [2.24, 2.45) is 5.73 Å². The first-order chi connectivity index (χ1) is 5.65. The Morgan fingerprint density at radius 1 is 1.54 bits per heavy atom. The summed E-state index contributed by atoms with van der Waals surface area (Å²) in [7, 11) is 0. The minimum atomic E-state index is -0.435. The summed E-state index contributed by atoms with van der Waals surface area (Å²) >= 11 is 3.13. The number of benzene rings is 1. The second kappa shape index (κ2) is 5.32. The molecule has 0 aromatic heterocycles. The average molecular weight is 269 g/mol. The molecule has 1 aromatic carbocycles. The Kier molecular flexibility index (Phi) is 5.13. The molecule has 2 N–H and O–H groups in total. The standard InChI is InChI=1S/C8H7BrFNO.ClH/c9-7-2-1-5(10)3-6(7)8(12)4-11;/h1-3H,4,11H2;1H. The van der Waals surface area contributed by atoms with E-state index in [1.807, 2.05) is 0 Å². The number of carbonyl (C=O) groups excluding carboxylic acids is 1. The average Bonchev–Trinajstić information content (AvgIpc) is 2.08. The number of rotatable bonds is 2. The summed E-state index contributed by atoms with van der Waals surface area (Å²) in [6.07, 6.45) is 0. The summed E-state index contributed by atoms with van der Waals surface area (Å²) < 4.78 is 13.2. The molecular weight excluding hydrogens is 260 g/mol. The molecule has 72 valence electrons. The smallest absolute Gasteiger partial charge is 0.177 e. The number of hydrogen-bond donors (Lipinski definition) is 1. The normalized spacial score (nSPS) is 9.15. The molecule has 0 saturated carbocycles. The lowest BCUT2D eigenvalue weighted by Gasteiger charge is -2.00. The van der Waals surface area contributed by atoms with Gasteiger partial charge in [-0.05, 0) is 18.2 Å².